The lowest BCUT2D eigenvalue weighted by Gasteiger charge is -2.26. The molecule has 0 saturated carbocycles. The van der Waals surface area contributed by atoms with Crippen molar-refractivity contribution in [2.75, 3.05) is 4.90 Å². The average Bonchev–Trinajstić information content (AvgIpc) is 3.51. The summed E-state index contributed by atoms with van der Waals surface area (Å²) in [5.41, 5.74) is 11.8. The van der Waals surface area contributed by atoms with Gasteiger partial charge in [0, 0.05) is 33.5 Å². The van der Waals surface area contributed by atoms with Crippen LogP contribution in [0.2, 0.25) is 0 Å². The van der Waals surface area contributed by atoms with Crippen molar-refractivity contribution in [3.8, 4) is 27.9 Å². The number of anilines is 3. The Morgan fingerprint density at radius 2 is 0.875 bits per heavy atom. The Balaban J connectivity index is 1.11. The first kappa shape index (κ1) is 27.9. The number of fused-ring (bicyclic) bond motifs is 5. The summed E-state index contributed by atoms with van der Waals surface area (Å²) in [4.78, 5) is 2.33. The van der Waals surface area contributed by atoms with Gasteiger partial charge in [0.25, 0.3) is 0 Å². The fraction of sp³-hybridized carbons (Fsp3) is 0. The predicted molar refractivity (Wildman–Crippen MR) is 204 cm³/mol. The van der Waals surface area contributed by atoms with Crippen molar-refractivity contribution in [3.05, 3.63) is 194 Å². The molecule has 48 heavy (non-hydrogen) atoms. The second-order valence-corrected chi connectivity index (χ2v) is 12.2. The summed E-state index contributed by atoms with van der Waals surface area (Å²) in [5.74, 6) is 0. The van der Waals surface area contributed by atoms with E-state index in [2.05, 4.69) is 204 Å². The minimum absolute atomic E-state index is 1.11. The summed E-state index contributed by atoms with van der Waals surface area (Å²) in [6, 6.07) is 69.7. The van der Waals surface area contributed by atoms with Crippen LogP contribution in [-0.4, -0.2) is 4.57 Å². The fourth-order valence-electron chi connectivity index (χ4n) is 7.10. The van der Waals surface area contributed by atoms with Gasteiger partial charge in [-0.2, -0.15) is 0 Å². The van der Waals surface area contributed by atoms with Gasteiger partial charge >= 0.3 is 0 Å². The number of hydrogen-bond donors (Lipinski definition) is 0. The van der Waals surface area contributed by atoms with E-state index in [4.69, 9.17) is 0 Å². The molecule has 0 bridgehead atoms. The lowest BCUT2D eigenvalue weighted by Crippen LogP contribution is -2.10. The molecule has 9 rings (SSSR count). The Morgan fingerprint density at radius 3 is 1.60 bits per heavy atom. The maximum atomic E-state index is 2.39. The number of hydrogen-bond acceptors (Lipinski definition) is 1. The third-order valence-corrected chi connectivity index (χ3v) is 9.37. The van der Waals surface area contributed by atoms with Gasteiger partial charge in [-0.3, -0.25) is 0 Å². The molecule has 0 radical (unpaired) electrons. The van der Waals surface area contributed by atoms with Crippen molar-refractivity contribution in [1.29, 1.82) is 0 Å². The average molecular weight is 613 g/mol. The van der Waals surface area contributed by atoms with E-state index in [1.54, 1.807) is 0 Å². The maximum absolute atomic E-state index is 2.39. The zero-order valence-electron chi connectivity index (χ0n) is 26.4. The minimum atomic E-state index is 1.11. The summed E-state index contributed by atoms with van der Waals surface area (Å²) in [7, 11) is 0. The Kier molecular flexibility index (Phi) is 6.84. The SMILES string of the molecule is c1ccc(-c2cccc(-c3ccc(N(c4ccccc4)c4ccc(-n5c6ccccc6c6c7ccccc7ccc65)cc4)cc3)c2)cc1. The molecule has 1 heterocycles. The molecule has 0 unspecified atom stereocenters. The number of aromatic nitrogens is 1. The van der Waals surface area contributed by atoms with E-state index in [9.17, 15) is 0 Å². The topological polar surface area (TPSA) is 8.17 Å². The molecule has 0 amide bonds. The molecule has 0 aliphatic heterocycles. The van der Waals surface area contributed by atoms with E-state index < -0.39 is 0 Å². The highest BCUT2D eigenvalue weighted by Crippen LogP contribution is 2.39. The Hall–Kier alpha value is -6.38. The van der Waals surface area contributed by atoms with Crippen LogP contribution in [0, 0.1) is 0 Å². The predicted octanol–water partition coefficient (Wildman–Crippen LogP) is 12.7. The largest absolute Gasteiger partial charge is 0.311 e. The van der Waals surface area contributed by atoms with E-state index in [0.717, 1.165) is 22.7 Å². The summed E-state index contributed by atoms with van der Waals surface area (Å²) < 4.78 is 2.39. The lowest BCUT2D eigenvalue weighted by atomic mass is 9.99. The first-order valence-electron chi connectivity index (χ1n) is 16.4. The standard InChI is InChI=1S/C46H32N2/c1-3-12-33(13-4-1)36-15-11-16-37(32-36)34-22-25-39(26-23-34)47(38-17-5-2-6-18-38)40-27-29-41(30-28-40)48-44-21-10-9-20-43(44)46-42-19-8-7-14-35(42)24-31-45(46)48/h1-32H. The molecule has 8 aromatic carbocycles. The van der Waals surface area contributed by atoms with Crippen molar-refractivity contribution in [3.63, 3.8) is 0 Å². The van der Waals surface area contributed by atoms with Crippen molar-refractivity contribution in [2.24, 2.45) is 0 Å². The van der Waals surface area contributed by atoms with Crippen LogP contribution >= 0.6 is 0 Å². The van der Waals surface area contributed by atoms with Crippen LogP contribution in [0.3, 0.4) is 0 Å². The second kappa shape index (κ2) is 11.8. The summed E-state index contributed by atoms with van der Waals surface area (Å²) >= 11 is 0. The van der Waals surface area contributed by atoms with Gasteiger partial charge in [-0.1, -0.05) is 127 Å². The first-order valence-corrected chi connectivity index (χ1v) is 16.4. The van der Waals surface area contributed by atoms with Gasteiger partial charge in [-0.05, 0) is 99.8 Å². The zero-order chi connectivity index (χ0) is 31.9. The van der Waals surface area contributed by atoms with Crippen LogP contribution in [-0.2, 0) is 0 Å². The third kappa shape index (κ3) is 4.83. The molecule has 0 fully saturated rings. The van der Waals surface area contributed by atoms with Crippen molar-refractivity contribution in [2.45, 2.75) is 0 Å². The van der Waals surface area contributed by atoms with E-state index in [0.29, 0.717) is 0 Å². The van der Waals surface area contributed by atoms with E-state index in [1.807, 2.05) is 0 Å². The highest BCUT2D eigenvalue weighted by Gasteiger charge is 2.16. The smallest absolute Gasteiger partial charge is 0.0547 e. The van der Waals surface area contributed by atoms with Crippen LogP contribution in [0.25, 0.3) is 60.5 Å². The molecule has 226 valence electrons. The van der Waals surface area contributed by atoms with Gasteiger partial charge in [0.05, 0.1) is 11.0 Å². The molecule has 0 N–H and O–H groups in total. The molecule has 2 heteroatoms. The molecule has 0 saturated heterocycles. The third-order valence-electron chi connectivity index (χ3n) is 9.37. The Labute approximate surface area is 280 Å². The normalized spacial score (nSPS) is 11.3. The van der Waals surface area contributed by atoms with Crippen LogP contribution in [0.15, 0.2) is 194 Å². The number of para-hydroxylation sites is 2. The molecule has 2 nitrogen and oxygen atoms in total. The Morgan fingerprint density at radius 1 is 0.333 bits per heavy atom. The van der Waals surface area contributed by atoms with E-state index in [1.165, 1.54) is 54.8 Å². The quantitative estimate of drug-likeness (QED) is 0.181. The van der Waals surface area contributed by atoms with Crippen LogP contribution < -0.4 is 4.90 Å². The van der Waals surface area contributed by atoms with Crippen molar-refractivity contribution >= 4 is 49.6 Å². The van der Waals surface area contributed by atoms with Gasteiger partial charge in [0.15, 0.2) is 0 Å². The molecule has 0 spiro atoms. The van der Waals surface area contributed by atoms with Gasteiger partial charge in [-0.25, -0.2) is 0 Å². The fourth-order valence-corrected chi connectivity index (χ4v) is 7.10. The number of benzene rings is 8. The van der Waals surface area contributed by atoms with Gasteiger partial charge < -0.3 is 9.47 Å². The molecular formula is C46H32N2. The summed E-state index contributed by atoms with van der Waals surface area (Å²) in [6.45, 7) is 0. The van der Waals surface area contributed by atoms with Gasteiger partial charge in [0.1, 0.15) is 0 Å². The summed E-state index contributed by atoms with van der Waals surface area (Å²) in [5, 5.41) is 5.12. The second-order valence-electron chi connectivity index (χ2n) is 12.2. The van der Waals surface area contributed by atoms with Crippen LogP contribution in [0.5, 0.6) is 0 Å². The first-order chi connectivity index (χ1) is 23.8. The van der Waals surface area contributed by atoms with E-state index in [-0.39, 0.29) is 0 Å². The van der Waals surface area contributed by atoms with Crippen molar-refractivity contribution in [1.82, 2.24) is 4.57 Å². The lowest BCUT2D eigenvalue weighted by molar-refractivity contribution is 1.17. The van der Waals surface area contributed by atoms with Crippen LogP contribution in [0.1, 0.15) is 0 Å². The molecule has 0 aliphatic rings. The van der Waals surface area contributed by atoms with E-state index >= 15 is 0 Å². The van der Waals surface area contributed by atoms with Crippen molar-refractivity contribution < 1.29 is 0 Å². The zero-order valence-corrected chi connectivity index (χ0v) is 26.4. The number of rotatable bonds is 6. The molecule has 1 aromatic heterocycles. The monoisotopic (exact) mass is 612 g/mol. The highest BCUT2D eigenvalue weighted by molar-refractivity contribution is 6.21. The van der Waals surface area contributed by atoms with Gasteiger partial charge in [0.2, 0.25) is 0 Å². The molecule has 0 atom stereocenters. The Bertz CT molecular complexity index is 2530. The molecule has 9 aromatic rings. The highest BCUT2D eigenvalue weighted by atomic mass is 15.1. The number of nitrogens with zero attached hydrogens (tertiary/aromatic N) is 2. The minimum Gasteiger partial charge on any atom is -0.311 e. The van der Waals surface area contributed by atoms with Crippen LogP contribution in [0.4, 0.5) is 17.1 Å². The maximum Gasteiger partial charge on any atom is 0.0547 e. The molecule has 0 aliphatic carbocycles. The van der Waals surface area contributed by atoms with Gasteiger partial charge in [-0.15, -0.1) is 0 Å². The summed E-state index contributed by atoms with van der Waals surface area (Å²) in [6.07, 6.45) is 0. The molecular weight excluding hydrogens is 581 g/mol.